The Morgan fingerprint density at radius 1 is 1.22 bits per heavy atom. The fraction of sp³-hybridized carbons (Fsp3) is 0.583. The minimum Gasteiger partial charge on any atom is -0.463 e. The van der Waals surface area contributed by atoms with Crippen LogP contribution in [0.25, 0.3) is 0 Å². The second-order valence-electron chi connectivity index (χ2n) is 13.1. The van der Waals surface area contributed by atoms with Crippen molar-refractivity contribution in [3.63, 3.8) is 0 Å². The minimum absolute atomic E-state index is 0.0686. The number of carbonyl (C=O) groups excluding carboxylic acids is 3. The molecular weight excluding hydrogens is 570 g/mol. The molecular formula is C36H51N3O6. The van der Waals surface area contributed by atoms with Crippen LogP contribution in [-0.2, 0) is 20.7 Å². The summed E-state index contributed by atoms with van der Waals surface area (Å²) >= 11 is 0. The molecule has 0 saturated carbocycles. The van der Waals surface area contributed by atoms with Gasteiger partial charge in [0.15, 0.2) is 11.4 Å². The van der Waals surface area contributed by atoms with Gasteiger partial charge in [0.1, 0.15) is 0 Å². The summed E-state index contributed by atoms with van der Waals surface area (Å²) < 4.78 is 12.1. The first kappa shape index (κ1) is 34.6. The van der Waals surface area contributed by atoms with Crippen LogP contribution in [0.4, 0.5) is 0 Å². The van der Waals surface area contributed by atoms with E-state index in [0.717, 1.165) is 42.5 Å². The number of fused-ring (bicyclic) bond motifs is 2. The molecule has 246 valence electrons. The number of allylic oxidation sites excluding steroid dienone is 3. The number of carbonyl (C=O) groups is 3. The summed E-state index contributed by atoms with van der Waals surface area (Å²) in [7, 11) is 0. The van der Waals surface area contributed by atoms with E-state index in [1.54, 1.807) is 12.1 Å². The number of epoxide rings is 1. The summed E-state index contributed by atoms with van der Waals surface area (Å²) in [5.74, 6) is -0.852. The molecule has 1 aliphatic carbocycles. The lowest BCUT2D eigenvalue weighted by Crippen LogP contribution is -2.51. The lowest BCUT2D eigenvalue weighted by atomic mass is 9.69. The number of ketones is 2. The predicted octanol–water partition coefficient (Wildman–Crippen LogP) is 4.54. The molecule has 0 amide bonds. The van der Waals surface area contributed by atoms with E-state index < -0.39 is 28.7 Å². The van der Waals surface area contributed by atoms with Crippen LogP contribution >= 0.6 is 0 Å². The maximum absolute atomic E-state index is 14.5. The molecule has 2 aliphatic heterocycles. The number of aliphatic hydroxyl groups excluding tert-OH is 1. The Labute approximate surface area is 267 Å². The number of aliphatic hydroxyl groups is 1. The number of ether oxygens (including phenoxy) is 2. The standard InChI is InChI=1S/C36H51N3O6/c1-6-8-10-26(20-38-7-2)22-44-34(43)36-33(42)31-27(17-23(3)4)11-9-12-29(31)32(41)35(36,45-36)19-28(21-40)24(5)13-14-25-15-16-39-30(37)18-25/h9,11-12,15,18,23,26,38-40H,6-8,10,13-14,16-17,19-22,37H2,1-5H3. The van der Waals surface area contributed by atoms with Gasteiger partial charge in [0.25, 0.3) is 5.60 Å². The van der Waals surface area contributed by atoms with Gasteiger partial charge >= 0.3 is 5.97 Å². The molecule has 9 heteroatoms. The van der Waals surface area contributed by atoms with E-state index in [-0.39, 0.29) is 42.6 Å². The Morgan fingerprint density at radius 2 is 2.00 bits per heavy atom. The summed E-state index contributed by atoms with van der Waals surface area (Å²) in [6.07, 6.45) is 8.63. The van der Waals surface area contributed by atoms with Crippen molar-refractivity contribution in [3.05, 3.63) is 69.6 Å². The summed E-state index contributed by atoms with van der Waals surface area (Å²) in [6, 6.07) is 5.27. The molecule has 3 atom stereocenters. The van der Waals surface area contributed by atoms with Gasteiger partial charge in [0.2, 0.25) is 5.78 Å². The third kappa shape index (κ3) is 7.11. The number of hydrogen-bond donors (Lipinski definition) is 4. The number of Topliss-reactive ketones (excluding diaryl/α,β-unsaturated/α-hetero) is 2. The van der Waals surface area contributed by atoms with Gasteiger partial charge in [0.05, 0.1) is 19.0 Å². The Kier molecular flexibility index (Phi) is 11.4. The number of benzene rings is 1. The van der Waals surface area contributed by atoms with Gasteiger partial charge in [-0.2, -0.15) is 0 Å². The number of dihydropyridines is 1. The zero-order valence-electron chi connectivity index (χ0n) is 27.6. The second kappa shape index (κ2) is 14.9. The highest BCUT2D eigenvalue weighted by Crippen LogP contribution is 2.60. The Morgan fingerprint density at radius 3 is 2.67 bits per heavy atom. The van der Waals surface area contributed by atoms with E-state index >= 15 is 0 Å². The first-order valence-electron chi connectivity index (χ1n) is 16.5. The zero-order chi connectivity index (χ0) is 32.8. The number of unbranched alkanes of at least 4 members (excludes halogenated alkanes) is 1. The lowest BCUT2D eigenvalue weighted by molar-refractivity contribution is -0.149. The SMILES string of the molecule is CCCCC(CNCC)COC(=O)C12OC1(CC(CO)=C(C)CCC1=CCNC(N)=C1)C(=O)c1cccc(CC(C)C)c1C2=O. The number of nitrogens with two attached hydrogens (primary N) is 1. The molecule has 1 saturated heterocycles. The van der Waals surface area contributed by atoms with E-state index in [2.05, 4.69) is 23.6 Å². The number of hydrogen-bond acceptors (Lipinski definition) is 9. The average Bonchev–Trinajstić information content (AvgIpc) is 3.72. The Balaban J connectivity index is 1.68. The molecule has 1 aromatic rings. The first-order chi connectivity index (χ1) is 21.5. The number of esters is 1. The van der Waals surface area contributed by atoms with Crippen molar-refractivity contribution in [1.82, 2.24) is 10.6 Å². The van der Waals surface area contributed by atoms with Crippen LogP contribution in [-0.4, -0.2) is 66.7 Å². The monoisotopic (exact) mass is 621 g/mol. The number of rotatable bonds is 17. The normalized spacial score (nSPS) is 23.4. The Hall–Kier alpha value is -3.27. The fourth-order valence-corrected chi connectivity index (χ4v) is 6.59. The van der Waals surface area contributed by atoms with Gasteiger partial charge in [0, 0.05) is 36.6 Å². The van der Waals surface area contributed by atoms with E-state index in [0.29, 0.717) is 43.7 Å². The summed E-state index contributed by atoms with van der Waals surface area (Å²) in [5, 5.41) is 16.9. The molecule has 5 N–H and O–H groups in total. The van der Waals surface area contributed by atoms with Crippen LogP contribution in [0.3, 0.4) is 0 Å². The van der Waals surface area contributed by atoms with Crippen LogP contribution in [0.2, 0.25) is 0 Å². The van der Waals surface area contributed by atoms with Gasteiger partial charge in [-0.1, -0.05) is 70.4 Å². The maximum atomic E-state index is 14.5. The van der Waals surface area contributed by atoms with Gasteiger partial charge < -0.3 is 30.9 Å². The fourth-order valence-electron chi connectivity index (χ4n) is 6.59. The van der Waals surface area contributed by atoms with Crippen LogP contribution in [0.5, 0.6) is 0 Å². The van der Waals surface area contributed by atoms with Crippen LogP contribution < -0.4 is 16.4 Å². The maximum Gasteiger partial charge on any atom is 0.350 e. The van der Waals surface area contributed by atoms with Crippen molar-refractivity contribution >= 4 is 17.5 Å². The molecule has 0 radical (unpaired) electrons. The van der Waals surface area contributed by atoms with Crippen LogP contribution in [0, 0.1) is 11.8 Å². The summed E-state index contributed by atoms with van der Waals surface area (Å²) in [6.45, 7) is 12.1. The molecule has 0 aromatic heterocycles. The molecule has 1 aromatic carbocycles. The topological polar surface area (TPSA) is 143 Å². The van der Waals surface area contributed by atoms with Crippen LogP contribution in [0.15, 0.2) is 52.9 Å². The van der Waals surface area contributed by atoms with Crippen molar-refractivity contribution in [2.24, 2.45) is 17.6 Å². The minimum atomic E-state index is -2.08. The van der Waals surface area contributed by atoms with Gasteiger partial charge in [-0.15, -0.1) is 0 Å². The molecule has 45 heavy (non-hydrogen) atoms. The first-order valence-corrected chi connectivity index (χ1v) is 16.5. The van der Waals surface area contributed by atoms with Gasteiger partial charge in [-0.3, -0.25) is 9.59 Å². The van der Waals surface area contributed by atoms with Crippen LogP contribution in [0.1, 0.15) is 99.4 Å². The largest absolute Gasteiger partial charge is 0.463 e. The molecule has 9 nitrogen and oxygen atoms in total. The smallest absolute Gasteiger partial charge is 0.350 e. The van der Waals surface area contributed by atoms with Gasteiger partial charge in [-0.05, 0) is 67.9 Å². The molecule has 1 fully saturated rings. The highest BCUT2D eigenvalue weighted by Gasteiger charge is 2.85. The summed E-state index contributed by atoms with van der Waals surface area (Å²) in [4.78, 5) is 42.9. The third-order valence-corrected chi connectivity index (χ3v) is 9.23. The van der Waals surface area contributed by atoms with E-state index in [1.165, 1.54) is 0 Å². The second-order valence-corrected chi connectivity index (χ2v) is 13.1. The van der Waals surface area contributed by atoms with Crippen molar-refractivity contribution in [2.75, 3.05) is 32.8 Å². The average molecular weight is 622 g/mol. The molecule has 0 spiro atoms. The van der Waals surface area contributed by atoms with Gasteiger partial charge in [-0.25, -0.2) is 4.79 Å². The van der Waals surface area contributed by atoms with E-state index in [4.69, 9.17) is 15.2 Å². The Bertz CT molecular complexity index is 1370. The summed E-state index contributed by atoms with van der Waals surface area (Å²) in [5.41, 5.74) is 5.86. The third-order valence-electron chi connectivity index (χ3n) is 9.23. The highest BCUT2D eigenvalue weighted by atomic mass is 16.7. The highest BCUT2D eigenvalue weighted by molar-refractivity contribution is 6.33. The molecule has 0 bridgehead atoms. The van der Waals surface area contributed by atoms with Crippen molar-refractivity contribution in [3.8, 4) is 0 Å². The quantitative estimate of drug-likeness (QED) is 0.0853. The lowest BCUT2D eigenvalue weighted by Gasteiger charge is -2.27. The zero-order valence-corrected chi connectivity index (χ0v) is 27.6. The van der Waals surface area contributed by atoms with Crippen molar-refractivity contribution in [1.29, 1.82) is 0 Å². The van der Waals surface area contributed by atoms with Crippen molar-refractivity contribution < 1.29 is 29.0 Å². The van der Waals surface area contributed by atoms with E-state index in [1.807, 2.05) is 39.8 Å². The van der Waals surface area contributed by atoms with Crippen molar-refractivity contribution in [2.45, 2.75) is 90.8 Å². The molecule has 3 aliphatic rings. The molecule has 4 rings (SSSR count). The van der Waals surface area contributed by atoms with E-state index in [9.17, 15) is 19.5 Å². The molecule has 2 heterocycles. The molecule has 3 unspecified atom stereocenters. The number of nitrogens with one attached hydrogen (secondary N) is 2. The predicted molar refractivity (Wildman–Crippen MR) is 175 cm³/mol.